The number of nitrogens with one attached hydrogen (secondary N) is 2. The van der Waals surface area contributed by atoms with Gasteiger partial charge in [0.2, 0.25) is 0 Å². The number of hydrogen-bond acceptors (Lipinski definition) is 3. The molecule has 1 unspecified atom stereocenters. The van der Waals surface area contributed by atoms with E-state index >= 15 is 0 Å². The van der Waals surface area contributed by atoms with Crippen molar-refractivity contribution in [2.24, 2.45) is 0 Å². The van der Waals surface area contributed by atoms with E-state index in [-0.39, 0.29) is 18.1 Å². The van der Waals surface area contributed by atoms with E-state index in [9.17, 15) is 4.79 Å². The van der Waals surface area contributed by atoms with E-state index in [0.29, 0.717) is 12.3 Å². The second-order valence-electron chi connectivity index (χ2n) is 6.91. The van der Waals surface area contributed by atoms with Crippen LogP contribution >= 0.6 is 0 Å². The number of carbonyl (C=O) groups is 1. The number of imidazole rings is 1. The van der Waals surface area contributed by atoms with Gasteiger partial charge in [-0.25, -0.2) is 4.98 Å². The van der Waals surface area contributed by atoms with Crippen molar-refractivity contribution in [1.82, 2.24) is 15.3 Å². The summed E-state index contributed by atoms with van der Waals surface area (Å²) in [5, 5.41) is 3.10. The van der Waals surface area contributed by atoms with Crippen LogP contribution in [0.3, 0.4) is 0 Å². The van der Waals surface area contributed by atoms with Crippen molar-refractivity contribution < 1.29 is 9.53 Å². The van der Waals surface area contributed by atoms with E-state index in [2.05, 4.69) is 39.6 Å². The summed E-state index contributed by atoms with van der Waals surface area (Å²) in [4.78, 5) is 19.3. The van der Waals surface area contributed by atoms with E-state index < -0.39 is 0 Å². The number of aromatic amines is 1. The van der Waals surface area contributed by atoms with Gasteiger partial charge < -0.3 is 15.0 Å². The number of ether oxygens (including phenoxy) is 1. The molecule has 2 atom stereocenters. The Morgan fingerprint density at radius 2 is 1.75 bits per heavy atom. The number of nitrogens with zero attached hydrogens (tertiary/aromatic N) is 1. The van der Waals surface area contributed by atoms with Gasteiger partial charge in [-0.2, -0.15) is 0 Å². The Hall–Kier alpha value is -2.92. The zero-order chi connectivity index (χ0) is 19.6. The predicted molar refractivity (Wildman–Crippen MR) is 110 cm³/mol. The normalized spacial score (nSPS) is 13.0. The molecule has 2 aromatic carbocycles. The van der Waals surface area contributed by atoms with Crippen LogP contribution in [0, 0.1) is 0 Å². The molecule has 5 heteroatoms. The number of rotatable bonds is 10. The average Bonchev–Trinajstić information content (AvgIpc) is 3.28. The Labute approximate surface area is 166 Å². The summed E-state index contributed by atoms with van der Waals surface area (Å²) in [6.45, 7) is 2.54. The Balaban J connectivity index is 1.58. The molecule has 0 saturated carbocycles. The van der Waals surface area contributed by atoms with E-state index in [0.717, 1.165) is 24.8 Å². The summed E-state index contributed by atoms with van der Waals surface area (Å²) in [6.07, 6.45) is 5.77. The quantitative estimate of drug-likeness (QED) is 0.558. The Morgan fingerprint density at radius 1 is 1.07 bits per heavy atom. The van der Waals surface area contributed by atoms with E-state index in [1.165, 1.54) is 11.9 Å². The fraction of sp³-hybridized carbons (Fsp3) is 0.304. The SMILES string of the molecule is C[C@H](OCc1ccccc1)C(CCCc1ccccc1)NC(=O)c1c[nH]cn1. The Bertz CT molecular complexity index is 820. The van der Waals surface area contributed by atoms with E-state index in [4.69, 9.17) is 4.74 Å². The van der Waals surface area contributed by atoms with Crippen LogP contribution in [0.2, 0.25) is 0 Å². The minimum absolute atomic E-state index is 0.0865. The monoisotopic (exact) mass is 377 g/mol. The molecular weight excluding hydrogens is 350 g/mol. The summed E-state index contributed by atoms with van der Waals surface area (Å²) in [5.74, 6) is -0.180. The van der Waals surface area contributed by atoms with Gasteiger partial charge in [0.25, 0.3) is 5.91 Å². The van der Waals surface area contributed by atoms with Gasteiger partial charge in [0.15, 0.2) is 0 Å². The molecule has 1 aromatic heterocycles. The highest BCUT2D eigenvalue weighted by Gasteiger charge is 2.21. The molecule has 3 rings (SSSR count). The van der Waals surface area contributed by atoms with Crippen LogP contribution in [-0.4, -0.2) is 28.0 Å². The number of H-pyrrole nitrogens is 1. The van der Waals surface area contributed by atoms with Crippen LogP contribution in [-0.2, 0) is 17.8 Å². The molecule has 28 heavy (non-hydrogen) atoms. The average molecular weight is 377 g/mol. The molecule has 146 valence electrons. The van der Waals surface area contributed by atoms with Gasteiger partial charge in [-0.1, -0.05) is 60.7 Å². The molecule has 2 N–H and O–H groups in total. The van der Waals surface area contributed by atoms with Gasteiger partial charge in [-0.15, -0.1) is 0 Å². The van der Waals surface area contributed by atoms with Crippen LogP contribution in [0.15, 0.2) is 73.2 Å². The maximum absolute atomic E-state index is 12.5. The van der Waals surface area contributed by atoms with Crippen molar-refractivity contribution >= 4 is 5.91 Å². The summed E-state index contributed by atoms with van der Waals surface area (Å²) in [6, 6.07) is 20.4. The van der Waals surface area contributed by atoms with E-state index in [1.807, 2.05) is 43.3 Å². The number of hydrogen-bond donors (Lipinski definition) is 2. The molecule has 0 aliphatic heterocycles. The molecule has 0 aliphatic carbocycles. The third-order valence-electron chi connectivity index (χ3n) is 4.79. The summed E-state index contributed by atoms with van der Waals surface area (Å²) >= 11 is 0. The van der Waals surface area contributed by atoms with Crippen LogP contribution in [0.25, 0.3) is 0 Å². The van der Waals surface area contributed by atoms with Crippen molar-refractivity contribution in [2.75, 3.05) is 0 Å². The van der Waals surface area contributed by atoms with Crippen LogP contribution < -0.4 is 5.32 Å². The summed E-state index contributed by atoms with van der Waals surface area (Å²) in [5.41, 5.74) is 2.82. The Morgan fingerprint density at radius 3 is 2.39 bits per heavy atom. The van der Waals surface area contributed by atoms with Crippen LogP contribution in [0.1, 0.15) is 41.4 Å². The number of carbonyl (C=O) groups excluding carboxylic acids is 1. The molecule has 0 aliphatic rings. The first-order valence-corrected chi connectivity index (χ1v) is 9.71. The first-order valence-electron chi connectivity index (χ1n) is 9.71. The zero-order valence-corrected chi connectivity index (χ0v) is 16.2. The molecule has 0 bridgehead atoms. The number of aryl methyl sites for hydroxylation is 1. The van der Waals surface area contributed by atoms with Crippen molar-refractivity contribution in [1.29, 1.82) is 0 Å². The zero-order valence-electron chi connectivity index (χ0n) is 16.2. The lowest BCUT2D eigenvalue weighted by atomic mass is 10.0. The molecule has 0 saturated heterocycles. The second-order valence-corrected chi connectivity index (χ2v) is 6.91. The number of amides is 1. The molecule has 1 amide bonds. The maximum Gasteiger partial charge on any atom is 0.271 e. The van der Waals surface area contributed by atoms with E-state index in [1.54, 1.807) is 6.20 Å². The topological polar surface area (TPSA) is 67.0 Å². The first-order chi connectivity index (χ1) is 13.7. The molecule has 0 fully saturated rings. The highest BCUT2D eigenvalue weighted by molar-refractivity contribution is 5.92. The third kappa shape index (κ3) is 6.06. The molecule has 3 aromatic rings. The second kappa shape index (κ2) is 10.4. The Kier molecular flexibility index (Phi) is 7.38. The lowest BCUT2D eigenvalue weighted by Crippen LogP contribution is -2.43. The van der Waals surface area contributed by atoms with Gasteiger partial charge in [-0.05, 0) is 37.3 Å². The van der Waals surface area contributed by atoms with Crippen molar-refractivity contribution in [2.45, 2.75) is 44.9 Å². The highest BCUT2D eigenvalue weighted by atomic mass is 16.5. The predicted octanol–water partition coefficient (Wildman–Crippen LogP) is 4.14. The van der Waals surface area contributed by atoms with Gasteiger partial charge >= 0.3 is 0 Å². The summed E-state index contributed by atoms with van der Waals surface area (Å²) in [7, 11) is 0. The fourth-order valence-corrected chi connectivity index (χ4v) is 3.14. The third-order valence-corrected chi connectivity index (χ3v) is 4.79. The molecule has 1 heterocycles. The number of aromatic nitrogens is 2. The smallest absolute Gasteiger partial charge is 0.271 e. The lowest BCUT2D eigenvalue weighted by Gasteiger charge is -2.25. The minimum Gasteiger partial charge on any atom is -0.372 e. The van der Waals surface area contributed by atoms with Crippen LogP contribution in [0.4, 0.5) is 0 Å². The highest BCUT2D eigenvalue weighted by Crippen LogP contribution is 2.13. The maximum atomic E-state index is 12.5. The van der Waals surface area contributed by atoms with Gasteiger partial charge in [0.1, 0.15) is 5.69 Å². The standard InChI is InChI=1S/C23H27N3O2/c1-18(28-16-20-11-6-3-7-12-20)21(26-23(27)22-15-24-17-25-22)14-8-13-19-9-4-2-5-10-19/h2-7,9-12,15,17-18,21H,8,13-14,16H2,1H3,(H,24,25)(H,26,27)/t18-,21?/m0/s1. The van der Waals surface area contributed by atoms with Crippen molar-refractivity contribution in [3.05, 3.63) is 90.0 Å². The molecule has 0 radical (unpaired) electrons. The summed E-state index contributed by atoms with van der Waals surface area (Å²) < 4.78 is 6.07. The fourth-order valence-electron chi connectivity index (χ4n) is 3.14. The largest absolute Gasteiger partial charge is 0.372 e. The lowest BCUT2D eigenvalue weighted by molar-refractivity contribution is 0.0237. The number of benzene rings is 2. The van der Waals surface area contributed by atoms with Crippen molar-refractivity contribution in [3.8, 4) is 0 Å². The van der Waals surface area contributed by atoms with Gasteiger partial charge in [0.05, 0.1) is 25.1 Å². The van der Waals surface area contributed by atoms with Gasteiger partial charge in [0, 0.05) is 6.20 Å². The molecular formula is C23H27N3O2. The van der Waals surface area contributed by atoms with Crippen molar-refractivity contribution in [3.63, 3.8) is 0 Å². The first kappa shape index (κ1) is 19.8. The molecule has 5 nitrogen and oxygen atoms in total. The minimum atomic E-state index is -0.180. The van der Waals surface area contributed by atoms with Crippen LogP contribution in [0.5, 0.6) is 0 Å². The van der Waals surface area contributed by atoms with Gasteiger partial charge in [-0.3, -0.25) is 4.79 Å². The molecule has 0 spiro atoms.